The second kappa shape index (κ2) is 4.69. The quantitative estimate of drug-likeness (QED) is 0.842. The van der Waals surface area contributed by atoms with Crippen molar-refractivity contribution in [1.29, 1.82) is 0 Å². The predicted molar refractivity (Wildman–Crippen MR) is 65.8 cm³/mol. The van der Waals surface area contributed by atoms with Gasteiger partial charge in [0, 0.05) is 0 Å². The van der Waals surface area contributed by atoms with E-state index in [0.717, 1.165) is 5.56 Å². The summed E-state index contributed by atoms with van der Waals surface area (Å²) in [5, 5.41) is 9.26. The second-order valence-corrected chi connectivity index (χ2v) is 4.77. The molecule has 0 saturated carbocycles. The van der Waals surface area contributed by atoms with E-state index in [0.29, 0.717) is 12.3 Å². The van der Waals surface area contributed by atoms with Crippen molar-refractivity contribution in [2.75, 3.05) is 0 Å². The standard InChI is InChI=1S/C14H20O2/c1-5-14(4,13(15)16)12-8-6-11(7-9-12)10(2)3/h6-10H,5H2,1-4H3,(H,15,16)/t14-/m1/s1. The largest absolute Gasteiger partial charge is 0.481 e. The first-order valence-electron chi connectivity index (χ1n) is 5.75. The molecule has 88 valence electrons. The van der Waals surface area contributed by atoms with Gasteiger partial charge in [-0.25, -0.2) is 0 Å². The predicted octanol–water partition coefficient (Wildman–Crippen LogP) is 3.56. The SMILES string of the molecule is CC[C@@](C)(C(=O)O)c1ccc(C(C)C)cc1. The normalized spacial score (nSPS) is 14.8. The monoisotopic (exact) mass is 220 g/mol. The van der Waals surface area contributed by atoms with Crippen molar-refractivity contribution in [3.63, 3.8) is 0 Å². The molecule has 1 atom stereocenters. The van der Waals surface area contributed by atoms with Crippen molar-refractivity contribution in [1.82, 2.24) is 0 Å². The molecule has 1 aromatic carbocycles. The summed E-state index contributed by atoms with van der Waals surface area (Å²) < 4.78 is 0. The van der Waals surface area contributed by atoms with E-state index < -0.39 is 11.4 Å². The van der Waals surface area contributed by atoms with E-state index in [-0.39, 0.29) is 0 Å². The van der Waals surface area contributed by atoms with Crippen LogP contribution in [0.5, 0.6) is 0 Å². The van der Waals surface area contributed by atoms with Gasteiger partial charge in [-0.1, -0.05) is 45.0 Å². The molecule has 0 aliphatic carbocycles. The third-order valence-corrected chi connectivity index (χ3v) is 3.39. The van der Waals surface area contributed by atoms with Gasteiger partial charge in [0.05, 0.1) is 5.41 Å². The van der Waals surface area contributed by atoms with Crippen LogP contribution in [0.25, 0.3) is 0 Å². The summed E-state index contributed by atoms with van der Waals surface area (Å²) in [4.78, 5) is 11.3. The van der Waals surface area contributed by atoms with Crippen LogP contribution in [0.15, 0.2) is 24.3 Å². The minimum atomic E-state index is -0.768. The van der Waals surface area contributed by atoms with E-state index in [1.165, 1.54) is 5.56 Å². The molecule has 0 saturated heterocycles. The average molecular weight is 220 g/mol. The molecule has 0 aliphatic rings. The fourth-order valence-corrected chi connectivity index (χ4v) is 1.71. The number of benzene rings is 1. The third-order valence-electron chi connectivity index (χ3n) is 3.39. The van der Waals surface area contributed by atoms with E-state index in [9.17, 15) is 9.90 Å². The highest BCUT2D eigenvalue weighted by molar-refractivity contribution is 5.80. The minimum Gasteiger partial charge on any atom is -0.481 e. The molecule has 0 spiro atoms. The number of aliphatic carboxylic acids is 1. The van der Waals surface area contributed by atoms with Crippen LogP contribution >= 0.6 is 0 Å². The Balaban J connectivity index is 3.09. The maximum Gasteiger partial charge on any atom is 0.313 e. The third kappa shape index (κ3) is 2.26. The Hall–Kier alpha value is -1.31. The van der Waals surface area contributed by atoms with E-state index in [2.05, 4.69) is 13.8 Å². The molecular weight excluding hydrogens is 200 g/mol. The molecule has 0 fully saturated rings. The molecule has 0 bridgehead atoms. The van der Waals surface area contributed by atoms with Crippen molar-refractivity contribution in [3.05, 3.63) is 35.4 Å². The Morgan fingerprint density at radius 2 is 1.81 bits per heavy atom. The Labute approximate surface area is 97.3 Å². The molecule has 0 unspecified atom stereocenters. The Kier molecular flexibility index (Phi) is 3.74. The number of hydrogen-bond donors (Lipinski definition) is 1. The smallest absolute Gasteiger partial charge is 0.313 e. The molecule has 0 radical (unpaired) electrons. The number of carboxylic acid groups (broad SMARTS) is 1. The Bertz CT molecular complexity index is 365. The summed E-state index contributed by atoms with van der Waals surface area (Å²) in [5.41, 5.74) is 1.36. The zero-order valence-corrected chi connectivity index (χ0v) is 10.4. The first-order chi connectivity index (χ1) is 7.41. The van der Waals surface area contributed by atoms with Gasteiger partial charge in [-0.3, -0.25) is 4.79 Å². The van der Waals surface area contributed by atoms with Crippen LogP contribution < -0.4 is 0 Å². The van der Waals surface area contributed by atoms with Gasteiger partial charge < -0.3 is 5.11 Å². The highest BCUT2D eigenvalue weighted by Gasteiger charge is 2.32. The van der Waals surface area contributed by atoms with Crippen LogP contribution in [0, 0.1) is 0 Å². The second-order valence-electron chi connectivity index (χ2n) is 4.77. The first kappa shape index (κ1) is 12.8. The van der Waals surface area contributed by atoms with E-state index >= 15 is 0 Å². The molecular formula is C14H20O2. The van der Waals surface area contributed by atoms with Gasteiger partial charge in [-0.05, 0) is 30.4 Å². The van der Waals surface area contributed by atoms with E-state index in [1.54, 1.807) is 6.92 Å². The van der Waals surface area contributed by atoms with Crippen LogP contribution in [0.1, 0.15) is 51.2 Å². The lowest BCUT2D eigenvalue weighted by atomic mass is 9.79. The molecule has 2 heteroatoms. The summed E-state index contributed by atoms with van der Waals surface area (Å²) in [6.07, 6.45) is 0.601. The van der Waals surface area contributed by atoms with E-state index in [4.69, 9.17) is 0 Å². The number of rotatable bonds is 4. The lowest BCUT2D eigenvalue weighted by molar-refractivity contribution is -0.143. The van der Waals surface area contributed by atoms with Gasteiger partial charge >= 0.3 is 5.97 Å². The first-order valence-corrected chi connectivity index (χ1v) is 5.75. The summed E-state index contributed by atoms with van der Waals surface area (Å²) in [7, 11) is 0. The maximum atomic E-state index is 11.3. The van der Waals surface area contributed by atoms with Gasteiger partial charge in [-0.15, -0.1) is 0 Å². The molecule has 1 N–H and O–H groups in total. The average Bonchev–Trinajstić information content (AvgIpc) is 2.27. The van der Waals surface area contributed by atoms with Crippen molar-refractivity contribution in [3.8, 4) is 0 Å². The molecule has 1 rings (SSSR count). The molecule has 2 nitrogen and oxygen atoms in total. The molecule has 0 aliphatic heterocycles. The molecule has 0 heterocycles. The number of carbonyl (C=O) groups is 1. The summed E-state index contributed by atoms with van der Waals surface area (Å²) in [5.74, 6) is -0.279. The Morgan fingerprint density at radius 1 is 1.31 bits per heavy atom. The molecule has 0 aromatic heterocycles. The topological polar surface area (TPSA) is 37.3 Å². The molecule has 0 amide bonds. The summed E-state index contributed by atoms with van der Waals surface area (Å²) in [6, 6.07) is 7.92. The molecule has 1 aromatic rings. The fraction of sp³-hybridized carbons (Fsp3) is 0.500. The van der Waals surface area contributed by atoms with Crippen LogP contribution in [0.2, 0.25) is 0 Å². The zero-order chi connectivity index (χ0) is 12.3. The van der Waals surface area contributed by atoms with Crippen molar-refractivity contribution < 1.29 is 9.90 Å². The number of carboxylic acids is 1. The number of hydrogen-bond acceptors (Lipinski definition) is 1. The highest BCUT2D eigenvalue weighted by Crippen LogP contribution is 2.29. The van der Waals surface area contributed by atoms with Crippen molar-refractivity contribution in [2.24, 2.45) is 0 Å². The van der Waals surface area contributed by atoms with Gasteiger partial charge in [-0.2, -0.15) is 0 Å². The summed E-state index contributed by atoms with van der Waals surface area (Å²) in [6.45, 7) is 7.95. The lowest BCUT2D eigenvalue weighted by Gasteiger charge is -2.24. The van der Waals surface area contributed by atoms with Crippen LogP contribution in [-0.2, 0) is 10.2 Å². The maximum absolute atomic E-state index is 11.3. The van der Waals surface area contributed by atoms with Gasteiger partial charge in [0.2, 0.25) is 0 Å². The fourth-order valence-electron chi connectivity index (χ4n) is 1.71. The lowest BCUT2D eigenvalue weighted by Crippen LogP contribution is -2.31. The van der Waals surface area contributed by atoms with Crippen molar-refractivity contribution >= 4 is 5.97 Å². The van der Waals surface area contributed by atoms with Crippen LogP contribution in [0.4, 0.5) is 0 Å². The van der Waals surface area contributed by atoms with Gasteiger partial charge in [0.1, 0.15) is 0 Å². The summed E-state index contributed by atoms with van der Waals surface area (Å²) >= 11 is 0. The molecule has 16 heavy (non-hydrogen) atoms. The van der Waals surface area contributed by atoms with Gasteiger partial charge in [0.15, 0.2) is 0 Å². The van der Waals surface area contributed by atoms with Crippen molar-refractivity contribution in [2.45, 2.75) is 45.4 Å². The zero-order valence-electron chi connectivity index (χ0n) is 10.4. The highest BCUT2D eigenvalue weighted by atomic mass is 16.4. The van der Waals surface area contributed by atoms with Crippen LogP contribution in [-0.4, -0.2) is 11.1 Å². The van der Waals surface area contributed by atoms with E-state index in [1.807, 2.05) is 31.2 Å². The minimum absolute atomic E-state index is 0.478. The van der Waals surface area contributed by atoms with Gasteiger partial charge in [0.25, 0.3) is 0 Å². The Morgan fingerprint density at radius 3 is 2.12 bits per heavy atom. The van der Waals surface area contributed by atoms with Crippen LogP contribution in [0.3, 0.4) is 0 Å².